The Labute approximate surface area is 174 Å². The molecule has 0 spiro atoms. The van der Waals surface area contributed by atoms with Crippen LogP contribution in [0.3, 0.4) is 0 Å². The Morgan fingerprint density at radius 2 is 1.59 bits per heavy atom. The number of anilines is 1. The third-order valence-corrected chi connectivity index (χ3v) is 6.27. The number of benzene rings is 3. The van der Waals surface area contributed by atoms with Crippen molar-refractivity contribution in [3.05, 3.63) is 69.6 Å². The first-order chi connectivity index (χ1) is 13.1. The first kappa shape index (κ1) is 17.1. The highest BCUT2D eigenvalue weighted by molar-refractivity contribution is 9.10. The van der Waals surface area contributed by atoms with Gasteiger partial charge in [0, 0.05) is 55.6 Å². The van der Waals surface area contributed by atoms with Crippen molar-refractivity contribution in [2.24, 2.45) is 0 Å². The van der Waals surface area contributed by atoms with Crippen LogP contribution in [0.15, 0.2) is 69.6 Å². The molecule has 0 N–H and O–H groups in total. The van der Waals surface area contributed by atoms with E-state index in [0.29, 0.717) is 6.04 Å². The number of aromatic nitrogens is 1. The Hall–Kier alpha value is -1.98. The lowest BCUT2D eigenvalue weighted by atomic mass is 10.2. The van der Waals surface area contributed by atoms with Crippen molar-refractivity contribution in [3.8, 4) is 5.75 Å². The molecule has 1 aliphatic heterocycles. The minimum Gasteiger partial charge on any atom is -0.497 e. The second kappa shape index (κ2) is 6.57. The maximum absolute atomic E-state index is 5.37. The number of hydrogen-bond acceptors (Lipinski definition) is 2. The van der Waals surface area contributed by atoms with E-state index in [1.807, 2.05) is 6.07 Å². The van der Waals surface area contributed by atoms with E-state index in [2.05, 4.69) is 95.9 Å². The van der Waals surface area contributed by atoms with Crippen LogP contribution in [0.5, 0.6) is 5.75 Å². The molecule has 1 fully saturated rings. The Balaban J connectivity index is 1.53. The first-order valence-corrected chi connectivity index (χ1v) is 10.5. The van der Waals surface area contributed by atoms with Crippen molar-refractivity contribution in [2.75, 3.05) is 18.6 Å². The quantitative estimate of drug-likeness (QED) is 0.319. The molecule has 2 heterocycles. The lowest BCUT2D eigenvalue weighted by molar-refractivity contribution is 0.415. The van der Waals surface area contributed by atoms with Crippen LogP contribution in [0.4, 0.5) is 5.69 Å². The van der Waals surface area contributed by atoms with Crippen LogP contribution in [-0.4, -0.2) is 24.3 Å². The van der Waals surface area contributed by atoms with Gasteiger partial charge in [-0.05, 0) is 48.5 Å². The van der Waals surface area contributed by atoms with Crippen LogP contribution in [0, 0.1) is 0 Å². The molecule has 27 heavy (non-hydrogen) atoms. The van der Waals surface area contributed by atoms with Gasteiger partial charge < -0.3 is 14.2 Å². The van der Waals surface area contributed by atoms with Crippen LogP contribution in [0.25, 0.3) is 21.8 Å². The molecule has 0 aliphatic carbocycles. The maximum atomic E-state index is 5.37. The van der Waals surface area contributed by atoms with E-state index in [-0.39, 0.29) is 0 Å². The number of methoxy groups -OCH3 is 1. The van der Waals surface area contributed by atoms with Gasteiger partial charge in [-0.1, -0.05) is 37.9 Å². The van der Waals surface area contributed by atoms with Gasteiger partial charge in [0.15, 0.2) is 0 Å². The number of ether oxygens (including phenoxy) is 1. The predicted octanol–water partition coefficient (Wildman–Crippen LogP) is 6.22. The largest absolute Gasteiger partial charge is 0.497 e. The summed E-state index contributed by atoms with van der Waals surface area (Å²) in [6.07, 6.45) is 0. The van der Waals surface area contributed by atoms with Crippen LogP contribution in [0.1, 0.15) is 0 Å². The molecule has 1 atom stereocenters. The van der Waals surface area contributed by atoms with Gasteiger partial charge in [-0.15, -0.1) is 0 Å². The van der Waals surface area contributed by atoms with Crippen molar-refractivity contribution in [1.82, 2.24) is 4.57 Å². The van der Waals surface area contributed by atoms with Crippen LogP contribution in [0.2, 0.25) is 0 Å². The van der Waals surface area contributed by atoms with Crippen molar-refractivity contribution < 1.29 is 4.74 Å². The van der Waals surface area contributed by atoms with E-state index in [9.17, 15) is 0 Å². The molecule has 0 bridgehead atoms. The summed E-state index contributed by atoms with van der Waals surface area (Å²) in [5.74, 6) is 0.907. The fourth-order valence-corrected chi connectivity index (χ4v) is 4.62. The number of rotatable bonds is 4. The van der Waals surface area contributed by atoms with Gasteiger partial charge in [-0.2, -0.15) is 0 Å². The normalized spacial score (nSPS) is 16.3. The monoisotopic (exact) mass is 484 g/mol. The molecular formula is C22H18Br2N2O. The summed E-state index contributed by atoms with van der Waals surface area (Å²) in [6.45, 7) is 2.04. The number of nitrogens with zero attached hydrogens (tertiary/aromatic N) is 2. The van der Waals surface area contributed by atoms with E-state index >= 15 is 0 Å². The minimum atomic E-state index is 0.503. The lowest BCUT2D eigenvalue weighted by Crippen LogP contribution is -2.09. The second-order valence-corrected chi connectivity index (χ2v) is 8.77. The molecule has 0 amide bonds. The zero-order chi connectivity index (χ0) is 18.5. The molecule has 1 aromatic heterocycles. The molecule has 0 radical (unpaired) electrons. The second-order valence-electron chi connectivity index (χ2n) is 6.94. The highest BCUT2D eigenvalue weighted by atomic mass is 79.9. The molecule has 0 saturated carbocycles. The molecular weight excluding hydrogens is 468 g/mol. The Morgan fingerprint density at radius 1 is 0.926 bits per heavy atom. The van der Waals surface area contributed by atoms with Crippen molar-refractivity contribution >= 4 is 59.4 Å². The van der Waals surface area contributed by atoms with E-state index < -0.39 is 0 Å². The topological polar surface area (TPSA) is 17.2 Å². The summed E-state index contributed by atoms with van der Waals surface area (Å²) in [7, 11) is 1.72. The average Bonchev–Trinajstić information content (AvgIpc) is 3.39. The van der Waals surface area contributed by atoms with E-state index in [4.69, 9.17) is 4.74 Å². The number of halogens is 2. The average molecular weight is 486 g/mol. The summed E-state index contributed by atoms with van der Waals surface area (Å²) in [5, 5.41) is 2.57. The van der Waals surface area contributed by atoms with Crippen LogP contribution in [-0.2, 0) is 6.54 Å². The molecule has 1 aliphatic rings. The van der Waals surface area contributed by atoms with E-state index in [1.165, 1.54) is 27.5 Å². The molecule has 4 aromatic rings. The highest BCUT2D eigenvalue weighted by Crippen LogP contribution is 2.36. The number of fused-ring (bicyclic) bond motifs is 3. The van der Waals surface area contributed by atoms with Crippen LogP contribution < -0.4 is 9.64 Å². The van der Waals surface area contributed by atoms with Gasteiger partial charge in [0.25, 0.3) is 0 Å². The molecule has 5 heteroatoms. The third-order valence-electron chi connectivity index (χ3n) is 5.28. The minimum absolute atomic E-state index is 0.503. The standard InChI is InChI=1S/C22H18Br2N2O/c1-27-18-4-2-3-16(11-18)25-12-17(25)13-26-21-7-5-14(23)9-19(21)20-10-15(24)6-8-22(20)26/h2-11,17H,12-13H2,1H3. The van der Waals surface area contributed by atoms with E-state index in [1.54, 1.807) is 7.11 Å². The first-order valence-electron chi connectivity index (χ1n) is 8.92. The van der Waals surface area contributed by atoms with Gasteiger partial charge in [0.05, 0.1) is 13.2 Å². The summed E-state index contributed by atoms with van der Waals surface area (Å²) in [4.78, 5) is 2.43. The molecule has 1 unspecified atom stereocenters. The molecule has 5 rings (SSSR count). The Kier molecular flexibility index (Phi) is 4.17. The molecule has 3 nitrogen and oxygen atoms in total. The lowest BCUT2D eigenvalue weighted by Gasteiger charge is -2.10. The van der Waals surface area contributed by atoms with Crippen molar-refractivity contribution in [1.29, 1.82) is 0 Å². The summed E-state index contributed by atoms with van der Waals surface area (Å²) in [6, 6.07) is 21.9. The summed E-state index contributed by atoms with van der Waals surface area (Å²) >= 11 is 7.24. The smallest absolute Gasteiger partial charge is 0.120 e. The Morgan fingerprint density at radius 3 is 2.22 bits per heavy atom. The predicted molar refractivity (Wildman–Crippen MR) is 119 cm³/mol. The van der Waals surface area contributed by atoms with Gasteiger partial charge in [0.1, 0.15) is 5.75 Å². The summed E-state index contributed by atoms with van der Waals surface area (Å²) in [5.41, 5.74) is 3.79. The molecule has 1 saturated heterocycles. The van der Waals surface area contributed by atoms with Gasteiger partial charge in [0.2, 0.25) is 0 Å². The van der Waals surface area contributed by atoms with Gasteiger partial charge in [-0.25, -0.2) is 0 Å². The molecule has 136 valence electrons. The zero-order valence-electron chi connectivity index (χ0n) is 14.8. The zero-order valence-corrected chi connectivity index (χ0v) is 18.0. The van der Waals surface area contributed by atoms with Gasteiger partial charge >= 0.3 is 0 Å². The van der Waals surface area contributed by atoms with Crippen LogP contribution >= 0.6 is 31.9 Å². The van der Waals surface area contributed by atoms with E-state index in [0.717, 1.165) is 27.8 Å². The van der Waals surface area contributed by atoms with Crippen molar-refractivity contribution in [3.63, 3.8) is 0 Å². The SMILES string of the molecule is COc1cccc(N2CC2Cn2c3ccc(Br)cc3c3cc(Br)ccc32)c1. The number of hydrogen-bond donors (Lipinski definition) is 0. The maximum Gasteiger partial charge on any atom is 0.120 e. The van der Waals surface area contributed by atoms with Gasteiger partial charge in [-0.3, -0.25) is 0 Å². The highest BCUT2D eigenvalue weighted by Gasteiger charge is 2.35. The third kappa shape index (κ3) is 3.03. The Bertz CT molecular complexity index is 1110. The molecule has 3 aromatic carbocycles. The fourth-order valence-electron chi connectivity index (χ4n) is 3.90. The fraction of sp³-hybridized carbons (Fsp3) is 0.182. The summed E-state index contributed by atoms with van der Waals surface area (Å²) < 4.78 is 10.0. The van der Waals surface area contributed by atoms with Crippen molar-refractivity contribution in [2.45, 2.75) is 12.6 Å².